The fourth-order valence-electron chi connectivity index (χ4n) is 0.841. The van der Waals surface area contributed by atoms with Crippen molar-refractivity contribution in [3.05, 3.63) is 41.1 Å². The predicted molar refractivity (Wildman–Crippen MR) is 48.1 cm³/mol. The molecule has 0 aliphatic rings. The van der Waals surface area contributed by atoms with Gasteiger partial charge in [0.05, 0.1) is 11.8 Å². The van der Waals surface area contributed by atoms with Crippen molar-refractivity contribution in [1.29, 1.82) is 0 Å². The van der Waals surface area contributed by atoms with Gasteiger partial charge in [-0.3, -0.25) is 4.79 Å². The maximum Gasteiger partial charge on any atom is 0.153 e. The normalized spacial score (nSPS) is 11.2. The lowest BCUT2D eigenvalue weighted by molar-refractivity contribution is -0.103. The molecule has 0 saturated heterocycles. The van der Waals surface area contributed by atoms with Crippen molar-refractivity contribution in [3.63, 3.8) is 0 Å². The van der Waals surface area contributed by atoms with Gasteiger partial charge in [-0.15, -0.1) is 0 Å². The minimum absolute atomic E-state index is 0.220. The summed E-state index contributed by atoms with van der Waals surface area (Å²) in [4.78, 5) is 10.4. The van der Waals surface area contributed by atoms with E-state index >= 15 is 0 Å². The molecule has 0 heterocycles. The van der Waals surface area contributed by atoms with Gasteiger partial charge in [-0.05, 0) is 17.7 Å². The van der Waals surface area contributed by atoms with E-state index in [0.717, 1.165) is 6.26 Å². The molecule has 1 rings (SSSR count). The zero-order chi connectivity index (χ0) is 8.97. The van der Waals surface area contributed by atoms with E-state index < -0.39 is 0 Å². The van der Waals surface area contributed by atoms with Crippen molar-refractivity contribution >= 4 is 23.5 Å². The molecule has 0 spiro atoms. The van der Waals surface area contributed by atoms with Crippen LogP contribution in [0, 0.1) is 0 Å². The first-order valence-corrected chi connectivity index (χ1v) is 3.71. The highest BCUT2D eigenvalue weighted by molar-refractivity contribution is 6.30. The zero-order valence-corrected chi connectivity index (χ0v) is 6.95. The number of aliphatic hydroxyl groups excluding tert-OH is 1. The standard InChI is InChI=1S/C9H7ClO2/c10-9-3-1-2-7(4-9)8(5-11)6-12/h1-6,11H. The molecule has 1 aromatic rings. The number of carbonyl (C=O) groups is 1. The van der Waals surface area contributed by atoms with E-state index in [1.807, 2.05) is 0 Å². The number of rotatable bonds is 2. The summed E-state index contributed by atoms with van der Waals surface area (Å²) >= 11 is 5.68. The molecular weight excluding hydrogens is 176 g/mol. The molecule has 12 heavy (non-hydrogen) atoms. The maximum absolute atomic E-state index is 10.4. The third-order valence-corrected chi connectivity index (χ3v) is 1.66. The van der Waals surface area contributed by atoms with Crippen molar-refractivity contribution in [1.82, 2.24) is 0 Å². The fraction of sp³-hybridized carbons (Fsp3) is 0. The third kappa shape index (κ3) is 1.86. The largest absolute Gasteiger partial charge is 0.515 e. The molecule has 1 N–H and O–H groups in total. The second-order valence-electron chi connectivity index (χ2n) is 2.21. The first kappa shape index (κ1) is 8.81. The van der Waals surface area contributed by atoms with Crippen LogP contribution in [0.4, 0.5) is 0 Å². The number of aliphatic hydroxyl groups is 1. The van der Waals surface area contributed by atoms with Crippen LogP contribution in [0.5, 0.6) is 0 Å². The van der Waals surface area contributed by atoms with Crippen molar-refractivity contribution in [2.45, 2.75) is 0 Å². The molecule has 0 saturated carbocycles. The minimum Gasteiger partial charge on any atom is -0.515 e. The van der Waals surface area contributed by atoms with Crippen LogP contribution in [0.25, 0.3) is 5.57 Å². The molecule has 3 heteroatoms. The van der Waals surface area contributed by atoms with Gasteiger partial charge in [-0.2, -0.15) is 0 Å². The summed E-state index contributed by atoms with van der Waals surface area (Å²) in [5.74, 6) is 0. The van der Waals surface area contributed by atoms with Gasteiger partial charge in [-0.1, -0.05) is 23.7 Å². The van der Waals surface area contributed by atoms with E-state index in [4.69, 9.17) is 16.7 Å². The van der Waals surface area contributed by atoms with Crippen molar-refractivity contribution in [2.24, 2.45) is 0 Å². The molecule has 0 atom stereocenters. The molecule has 0 bridgehead atoms. The van der Waals surface area contributed by atoms with Crippen molar-refractivity contribution in [3.8, 4) is 0 Å². The van der Waals surface area contributed by atoms with Crippen LogP contribution < -0.4 is 0 Å². The van der Waals surface area contributed by atoms with E-state index in [0.29, 0.717) is 16.9 Å². The molecular formula is C9H7ClO2. The third-order valence-electron chi connectivity index (χ3n) is 1.42. The van der Waals surface area contributed by atoms with Gasteiger partial charge < -0.3 is 5.11 Å². The first-order valence-electron chi connectivity index (χ1n) is 3.33. The molecule has 0 fully saturated rings. The Hall–Kier alpha value is -1.28. The number of aldehydes is 1. The Kier molecular flexibility index (Phi) is 2.88. The summed E-state index contributed by atoms with van der Waals surface area (Å²) in [7, 11) is 0. The fourth-order valence-corrected chi connectivity index (χ4v) is 1.03. The average Bonchev–Trinajstić information content (AvgIpc) is 2.07. The maximum atomic E-state index is 10.4. The molecule has 0 aliphatic carbocycles. The number of halogens is 1. The monoisotopic (exact) mass is 182 g/mol. The predicted octanol–water partition coefficient (Wildman–Crippen LogP) is 2.44. The summed E-state index contributed by atoms with van der Waals surface area (Å²) < 4.78 is 0. The lowest BCUT2D eigenvalue weighted by Gasteiger charge is -1.97. The van der Waals surface area contributed by atoms with Gasteiger partial charge in [0.25, 0.3) is 0 Å². The number of hydrogen-bond acceptors (Lipinski definition) is 2. The minimum atomic E-state index is 0.220. The van der Waals surface area contributed by atoms with Crippen LogP contribution in [0.3, 0.4) is 0 Å². The van der Waals surface area contributed by atoms with Crippen LogP contribution in [0.2, 0.25) is 5.02 Å². The lowest BCUT2D eigenvalue weighted by atomic mass is 10.1. The van der Waals surface area contributed by atoms with Crippen LogP contribution in [-0.2, 0) is 4.79 Å². The van der Waals surface area contributed by atoms with Gasteiger partial charge in [-0.25, -0.2) is 0 Å². The quantitative estimate of drug-likeness (QED) is 0.433. The van der Waals surface area contributed by atoms with Crippen molar-refractivity contribution < 1.29 is 9.90 Å². The van der Waals surface area contributed by atoms with E-state index in [1.54, 1.807) is 24.3 Å². The SMILES string of the molecule is O=CC(=CO)c1cccc(Cl)c1. The number of allylic oxidation sites excluding steroid dienone is 1. The average molecular weight is 183 g/mol. The molecule has 62 valence electrons. The number of benzene rings is 1. The number of hydrogen-bond donors (Lipinski definition) is 1. The summed E-state index contributed by atoms with van der Waals surface area (Å²) in [6.45, 7) is 0. The van der Waals surface area contributed by atoms with Gasteiger partial charge in [0.15, 0.2) is 6.29 Å². The van der Waals surface area contributed by atoms with E-state index in [9.17, 15) is 4.79 Å². The molecule has 0 aliphatic heterocycles. The first-order chi connectivity index (χ1) is 5.77. The van der Waals surface area contributed by atoms with E-state index in [1.165, 1.54) is 0 Å². The highest BCUT2D eigenvalue weighted by Gasteiger charge is 1.99. The lowest BCUT2D eigenvalue weighted by Crippen LogP contribution is -1.84. The van der Waals surface area contributed by atoms with Crippen molar-refractivity contribution in [2.75, 3.05) is 0 Å². The number of carbonyl (C=O) groups excluding carboxylic acids is 1. The van der Waals surface area contributed by atoms with Crippen LogP contribution in [-0.4, -0.2) is 11.4 Å². The van der Waals surface area contributed by atoms with E-state index in [2.05, 4.69) is 0 Å². The molecule has 0 radical (unpaired) electrons. The topological polar surface area (TPSA) is 37.3 Å². The van der Waals surface area contributed by atoms with Crippen LogP contribution in [0.15, 0.2) is 30.5 Å². The smallest absolute Gasteiger partial charge is 0.153 e. The Bertz CT molecular complexity index is 318. The molecule has 0 amide bonds. The van der Waals surface area contributed by atoms with Gasteiger partial charge >= 0.3 is 0 Å². The second-order valence-corrected chi connectivity index (χ2v) is 2.65. The van der Waals surface area contributed by atoms with E-state index in [-0.39, 0.29) is 5.57 Å². The highest BCUT2D eigenvalue weighted by atomic mass is 35.5. The Morgan fingerprint density at radius 1 is 1.50 bits per heavy atom. The Morgan fingerprint density at radius 3 is 2.75 bits per heavy atom. The summed E-state index contributed by atoms with van der Waals surface area (Å²) in [5.41, 5.74) is 0.831. The zero-order valence-electron chi connectivity index (χ0n) is 6.20. The summed E-state index contributed by atoms with van der Waals surface area (Å²) in [6, 6.07) is 6.72. The van der Waals surface area contributed by atoms with Gasteiger partial charge in [0, 0.05) is 5.02 Å². The molecule has 0 aromatic heterocycles. The Labute approximate surface area is 75.1 Å². The molecule has 1 aromatic carbocycles. The van der Waals surface area contributed by atoms with Gasteiger partial charge in [0.2, 0.25) is 0 Å². The summed E-state index contributed by atoms with van der Waals surface area (Å²) in [6.07, 6.45) is 1.34. The van der Waals surface area contributed by atoms with Crippen LogP contribution in [0.1, 0.15) is 5.56 Å². The Balaban J connectivity index is 3.10. The molecule has 2 nitrogen and oxygen atoms in total. The van der Waals surface area contributed by atoms with Gasteiger partial charge in [0.1, 0.15) is 0 Å². The molecule has 0 unspecified atom stereocenters. The second kappa shape index (κ2) is 3.93. The Morgan fingerprint density at radius 2 is 2.25 bits per heavy atom. The highest BCUT2D eigenvalue weighted by Crippen LogP contribution is 2.16. The summed E-state index contributed by atoms with van der Waals surface area (Å²) in [5, 5.41) is 9.17. The van der Waals surface area contributed by atoms with Crippen LogP contribution >= 0.6 is 11.6 Å².